The Labute approximate surface area is 228 Å². The van der Waals surface area contributed by atoms with Crippen molar-refractivity contribution in [2.75, 3.05) is 13.2 Å². The molecule has 0 heterocycles. The molecule has 0 rings (SSSR count). The zero-order valence-electron chi connectivity index (χ0n) is 24.2. The molecule has 216 valence electrons. The van der Waals surface area contributed by atoms with E-state index in [9.17, 15) is 9.59 Å². The molecule has 0 N–H and O–H groups in total. The van der Waals surface area contributed by atoms with Crippen LogP contribution in [0.3, 0.4) is 0 Å². The Morgan fingerprint density at radius 3 is 1.24 bits per heavy atom. The Hall–Kier alpha value is -1.30. The van der Waals surface area contributed by atoms with Crippen LogP contribution >= 0.6 is 0 Å². The van der Waals surface area contributed by atoms with Crippen LogP contribution in [0, 0.1) is 0 Å². The molecule has 0 aliphatic carbocycles. The Morgan fingerprint density at radius 2 is 0.865 bits per heavy atom. The summed E-state index contributed by atoms with van der Waals surface area (Å²) in [5.74, 6) is 0. The molecule has 0 saturated heterocycles. The van der Waals surface area contributed by atoms with Crippen LogP contribution in [0.15, 0.2) is 24.3 Å². The van der Waals surface area contributed by atoms with Crippen molar-refractivity contribution in [2.45, 2.75) is 155 Å². The number of ether oxygens (including phenoxy) is 3. The Morgan fingerprint density at radius 1 is 0.486 bits per heavy atom. The molecular formula is C32H58O5. The predicted molar refractivity (Wildman–Crippen MR) is 155 cm³/mol. The lowest BCUT2D eigenvalue weighted by molar-refractivity contribution is -0.208. The van der Waals surface area contributed by atoms with Gasteiger partial charge in [0.1, 0.15) is 12.6 Å². The second-order valence-electron chi connectivity index (χ2n) is 9.91. The average molecular weight is 523 g/mol. The molecule has 0 spiro atoms. The van der Waals surface area contributed by atoms with Crippen LogP contribution in [0.4, 0.5) is 0 Å². The highest BCUT2D eigenvalue weighted by Gasteiger charge is 2.13. The first kappa shape index (κ1) is 35.7. The molecule has 0 aromatic heterocycles. The van der Waals surface area contributed by atoms with Crippen molar-refractivity contribution in [1.29, 1.82) is 0 Å². The zero-order valence-corrected chi connectivity index (χ0v) is 24.2. The number of rotatable bonds is 30. The van der Waals surface area contributed by atoms with E-state index in [1.165, 1.54) is 77.0 Å². The minimum absolute atomic E-state index is 0.477. The minimum atomic E-state index is -0.477. The van der Waals surface area contributed by atoms with Gasteiger partial charge in [-0.1, -0.05) is 103 Å². The fraction of sp³-hybridized carbons (Fsp3) is 0.812. The molecule has 0 bridgehead atoms. The van der Waals surface area contributed by atoms with Crippen molar-refractivity contribution < 1.29 is 23.8 Å². The third-order valence-electron chi connectivity index (χ3n) is 6.30. The first-order valence-electron chi connectivity index (χ1n) is 15.4. The number of carbonyl (C=O) groups is 2. The summed E-state index contributed by atoms with van der Waals surface area (Å²) in [5, 5.41) is 0. The van der Waals surface area contributed by atoms with Gasteiger partial charge in [-0.15, -0.1) is 0 Å². The van der Waals surface area contributed by atoms with Crippen LogP contribution in [0.5, 0.6) is 0 Å². The molecule has 0 aromatic rings. The minimum Gasteiger partial charge on any atom is -0.349 e. The lowest BCUT2D eigenvalue weighted by Crippen LogP contribution is -2.25. The van der Waals surface area contributed by atoms with Gasteiger partial charge < -0.3 is 23.8 Å². The van der Waals surface area contributed by atoms with Gasteiger partial charge in [-0.25, -0.2) is 0 Å². The van der Waals surface area contributed by atoms with E-state index in [1.807, 2.05) is 24.3 Å². The molecule has 0 aromatic carbocycles. The van der Waals surface area contributed by atoms with Gasteiger partial charge in [0.05, 0.1) is 13.2 Å². The molecule has 37 heavy (non-hydrogen) atoms. The Kier molecular flexibility index (Phi) is 29.8. The molecule has 0 aliphatic rings. The van der Waals surface area contributed by atoms with Crippen LogP contribution in [-0.4, -0.2) is 38.4 Å². The fourth-order valence-electron chi connectivity index (χ4n) is 3.98. The van der Waals surface area contributed by atoms with Crippen molar-refractivity contribution in [3.8, 4) is 0 Å². The van der Waals surface area contributed by atoms with E-state index in [0.717, 1.165) is 51.1 Å². The van der Waals surface area contributed by atoms with Gasteiger partial charge in [-0.3, -0.25) is 0 Å². The maximum atomic E-state index is 10.6. The molecular weight excluding hydrogens is 464 g/mol. The third kappa shape index (κ3) is 27.5. The lowest BCUT2D eigenvalue weighted by atomic mass is 10.1. The molecule has 0 amide bonds. The van der Waals surface area contributed by atoms with Crippen molar-refractivity contribution in [2.24, 2.45) is 0 Å². The maximum Gasteiger partial charge on any atom is 0.180 e. The quantitative estimate of drug-likeness (QED) is 0.0407. The maximum absolute atomic E-state index is 10.6. The summed E-state index contributed by atoms with van der Waals surface area (Å²) in [4.78, 5) is 21.2. The van der Waals surface area contributed by atoms with Crippen LogP contribution in [0.2, 0.25) is 0 Å². The summed E-state index contributed by atoms with van der Waals surface area (Å²) in [6.45, 7) is 5.80. The van der Waals surface area contributed by atoms with Crippen LogP contribution < -0.4 is 0 Å². The first-order chi connectivity index (χ1) is 18.3. The van der Waals surface area contributed by atoms with Crippen LogP contribution in [0.25, 0.3) is 0 Å². The molecule has 0 aliphatic heterocycles. The largest absolute Gasteiger partial charge is 0.349 e. The van der Waals surface area contributed by atoms with Crippen LogP contribution in [-0.2, 0) is 23.8 Å². The highest BCUT2D eigenvalue weighted by Crippen LogP contribution is 2.13. The van der Waals surface area contributed by atoms with Crippen molar-refractivity contribution >= 4 is 12.6 Å². The predicted octanol–water partition coefficient (Wildman–Crippen LogP) is 9.04. The second kappa shape index (κ2) is 30.9. The number of unbranched alkanes of at least 4 members (excludes halogenated alkanes) is 16. The smallest absolute Gasteiger partial charge is 0.180 e. The van der Waals surface area contributed by atoms with E-state index in [1.54, 1.807) is 0 Å². The number of hydrogen-bond donors (Lipinski definition) is 0. The van der Waals surface area contributed by atoms with Gasteiger partial charge in [-0.2, -0.15) is 0 Å². The average Bonchev–Trinajstić information content (AvgIpc) is 2.90. The Bertz CT molecular complexity index is 485. The molecule has 2 atom stereocenters. The molecule has 5 heteroatoms. The highest BCUT2D eigenvalue weighted by atomic mass is 16.8. The second-order valence-corrected chi connectivity index (χ2v) is 9.91. The fourth-order valence-corrected chi connectivity index (χ4v) is 3.98. The summed E-state index contributed by atoms with van der Waals surface area (Å²) in [6.07, 6.45) is 30.8. The number of aldehydes is 2. The summed E-state index contributed by atoms with van der Waals surface area (Å²) in [6, 6.07) is 0. The molecule has 0 fully saturated rings. The first-order valence-corrected chi connectivity index (χ1v) is 15.4. The van der Waals surface area contributed by atoms with Gasteiger partial charge in [0.25, 0.3) is 0 Å². The van der Waals surface area contributed by atoms with E-state index < -0.39 is 12.6 Å². The number of carbonyl (C=O) groups excluding carboxylic acids is 2. The lowest BCUT2D eigenvalue weighted by Gasteiger charge is -2.22. The van der Waals surface area contributed by atoms with Crippen LogP contribution in [0.1, 0.15) is 142 Å². The Balaban J connectivity index is 4.72. The van der Waals surface area contributed by atoms with Crippen molar-refractivity contribution in [3.63, 3.8) is 0 Å². The van der Waals surface area contributed by atoms with Gasteiger partial charge >= 0.3 is 0 Å². The summed E-state index contributed by atoms with van der Waals surface area (Å²) < 4.78 is 18.4. The molecule has 0 saturated carbocycles. The van der Waals surface area contributed by atoms with E-state index >= 15 is 0 Å². The molecule has 0 radical (unpaired) electrons. The van der Waals surface area contributed by atoms with E-state index in [-0.39, 0.29) is 0 Å². The standard InChI is InChI=1S/C32H58O5/c1-3-5-7-9-11-17-23-29-35-31(25-19-13-15-21-27-33)37-32(26-20-14-16-22-28-34)36-30-24-18-12-10-8-6-4-2/h19-20,25-28,31-32H,3-18,21-24,29-30H2,1-2H3. The van der Waals surface area contributed by atoms with E-state index in [2.05, 4.69) is 13.8 Å². The number of hydrogen-bond acceptors (Lipinski definition) is 5. The van der Waals surface area contributed by atoms with Gasteiger partial charge in [-0.05, 0) is 50.7 Å². The summed E-state index contributed by atoms with van der Waals surface area (Å²) in [5.41, 5.74) is 0. The normalized spacial score (nSPS) is 13.5. The molecule has 5 nitrogen and oxygen atoms in total. The van der Waals surface area contributed by atoms with Gasteiger partial charge in [0, 0.05) is 12.8 Å². The van der Waals surface area contributed by atoms with Crippen molar-refractivity contribution in [1.82, 2.24) is 0 Å². The van der Waals surface area contributed by atoms with Gasteiger partial charge in [0.2, 0.25) is 0 Å². The van der Waals surface area contributed by atoms with E-state index in [0.29, 0.717) is 26.1 Å². The highest BCUT2D eigenvalue weighted by molar-refractivity contribution is 5.49. The molecule has 2 unspecified atom stereocenters. The van der Waals surface area contributed by atoms with Gasteiger partial charge in [0.15, 0.2) is 12.6 Å². The monoisotopic (exact) mass is 522 g/mol. The zero-order chi connectivity index (χ0) is 27.1. The van der Waals surface area contributed by atoms with Crippen molar-refractivity contribution in [3.05, 3.63) is 24.3 Å². The number of allylic oxidation sites excluding steroid dienone is 2. The SMILES string of the molecule is CCCCCCCCCOC(C=CCCCC=O)OC(C=CCCCC=O)OCCCCCCCCC. The third-order valence-corrected chi connectivity index (χ3v) is 6.30. The topological polar surface area (TPSA) is 61.8 Å². The summed E-state index contributed by atoms with van der Waals surface area (Å²) in [7, 11) is 0. The summed E-state index contributed by atoms with van der Waals surface area (Å²) >= 11 is 0. The van der Waals surface area contributed by atoms with E-state index in [4.69, 9.17) is 14.2 Å².